The third kappa shape index (κ3) is 17.3. The number of hydrogen-bond acceptors (Lipinski definition) is 7. The van der Waals surface area contributed by atoms with Crippen molar-refractivity contribution >= 4 is 23.5 Å². The van der Waals surface area contributed by atoms with Crippen LogP contribution >= 0.6 is 11.6 Å². The molecule has 0 radical (unpaired) electrons. The molecule has 1 fully saturated rings. The van der Waals surface area contributed by atoms with Gasteiger partial charge in [0.15, 0.2) is 0 Å². The predicted octanol–water partition coefficient (Wildman–Crippen LogP) is -0.537. The highest BCUT2D eigenvalue weighted by atomic mass is 35.5. The van der Waals surface area contributed by atoms with Crippen LogP contribution in [0.1, 0.15) is 12.8 Å². The predicted molar refractivity (Wildman–Crippen MR) is 87.5 cm³/mol. The summed E-state index contributed by atoms with van der Waals surface area (Å²) in [5.41, 5.74) is 0. The van der Waals surface area contributed by atoms with Crippen LogP contribution in [0.5, 0.6) is 0 Å². The first kappa shape index (κ1) is 22.1. The number of ether oxygens (including phenoxy) is 3. The van der Waals surface area contributed by atoms with E-state index in [2.05, 4.69) is 16.0 Å². The average Bonchev–Trinajstić information content (AvgIpc) is 3.37. The van der Waals surface area contributed by atoms with Gasteiger partial charge in [0, 0.05) is 13.7 Å². The van der Waals surface area contributed by atoms with Gasteiger partial charge in [0.25, 0.3) is 0 Å². The van der Waals surface area contributed by atoms with E-state index >= 15 is 0 Å². The van der Waals surface area contributed by atoms with E-state index in [0.29, 0.717) is 31.9 Å². The van der Waals surface area contributed by atoms with E-state index in [4.69, 9.17) is 25.8 Å². The summed E-state index contributed by atoms with van der Waals surface area (Å²) in [4.78, 5) is 22.3. The minimum absolute atomic E-state index is 0.0389. The van der Waals surface area contributed by atoms with Crippen molar-refractivity contribution in [1.82, 2.24) is 16.0 Å². The first-order chi connectivity index (χ1) is 11.1. The maximum absolute atomic E-state index is 11.2. The molecule has 0 spiro atoms. The number of hydrogen-bond donors (Lipinski definition) is 3. The van der Waals surface area contributed by atoms with Crippen molar-refractivity contribution in [2.24, 2.45) is 0 Å². The highest BCUT2D eigenvalue weighted by Crippen LogP contribution is 2.08. The smallest absolute Gasteiger partial charge is 0.319 e. The van der Waals surface area contributed by atoms with Gasteiger partial charge in [0.05, 0.1) is 45.0 Å². The molecule has 0 aromatic rings. The molecule has 8 nitrogen and oxygen atoms in total. The van der Waals surface area contributed by atoms with E-state index < -0.39 is 0 Å². The number of rotatable bonds is 12. The Morgan fingerprint density at radius 2 is 1.96 bits per heavy atom. The van der Waals surface area contributed by atoms with Gasteiger partial charge >= 0.3 is 5.97 Å². The Kier molecular flexibility index (Phi) is 15.3. The lowest BCUT2D eigenvalue weighted by Gasteiger charge is -2.07. The molecule has 1 rings (SSSR count). The summed E-state index contributed by atoms with van der Waals surface area (Å²) in [6.07, 6.45) is 2.04. The van der Waals surface area contributed by atoms with Crippen LogP contribution < -0.4 is 16.0 Å². The Hall–Kier alpha value is -0.930. The summed E-state index contributed by atoms with van der Waals surface area (Å²) in [6.45, 7) is 2.48. The van der Waals surface area contributed by atoms with Crippen LogP contribution in [0.15, 0.2) is 0 Å². The number of alkyl halides is 1. The van der Waals surface area contributed by atoms with Gasteiger partial charge in [-0.3, -0.25) is 14.9 Å². The fraction of sp³-hybridized carbons (Fsp3) is 0.857. The fourth-order valence-electron chi connectivity index (χ4n) is 1.27. The number of halogens is 1. The second kappa shape index (κ2) is 15.9. The number of amides is 1. The lowest BCUT2D eigenvalue weighted by atomic mass is 10.3. The van der Waals surface area contributed by atoms with Crippen LogP contribution in [0.25, 0.3) is 0 Å². The minimum Gasteiger partial charge on any atom is -0.465 e. The van der Waals surface area contributed by atoms with Crippen molar-refractivity contribution in [2.75, 3.05) is 59.6 Å². The average molecular weight is 354 g/mol. The molecule has 1 saturated heterocycles. The normalized spacial score (nSPS) is 15.3. The largest absolute Gasteiger partial charge is 0.465 e. The van der Waals surface area contributed by atoms with Crippen LogP contribution in [0.2, 0.25) is 0 Å². The number of carbonyl (C=O) groups excluding carboxylic acids is 2. The molecule has 1 heterocycles. The third-order valence-electron chi connectivity index (χ3n) is 2.60. The first-order valence-corrected chi connectivity index (χ1v) is 8.11. The van der Waals surface area contributed by atoms with E-state index in [1.807, 2.05) is 0 Å². The van der Waals surface area contributed by atoms with Crippen LogP contribution in [-0.2, 0) is 23.8 Å². The molecule has 1 amide bonds. The summed E-state index contributed by atoms with van der Waals surface area (Å²) < 4.78 is 14.5. The fourth-order valence-corrected chi connectivity index (χ4v) is 1.45. The molecular formula is C14H28ClN3O5. The van der Waals surface area contributed by atoms with Gasteiger partial charge in [0.2, 0.25) is 5.91 Å². The molecule has 1 unspecified atom stereocenters. The number of epoxide rings is 1. The van der Waals surface area contributed by atoms with Crippen LogP contribution in [-0.4, -0.2) is 77.6 Å². The van der Waals surface area contributed by atoms with Crippen LogP contribution in [0, 0.1) is 0 Å². The van der Waals surface area contributed by atoms with E-state index in [-0.39, 0.29) is 25.0 Å². The Labute approximate surface area is 142 Å². The topological polar surface area (TPSA) is 101 Å². The molecule has 0 aliphatic carbocycles. The van der Waals surface area contributed by atoms with Crippen molar-refractivity contribution in [1.29, 1.82) is 0 Å². The second-order valence-corrected chi connectivity index (χ2v) is 5.07. The van der Waals surface area contributed by atoms with Gasteiger partial charge in [-0.15, -0.1) is 11.6 Å². The molecule has 0 aromatic heterocycles. The van der Waals surface area contributed by atoms with Crippen LogP contribution in [0.4, 0.5) is 0 Å². The summed E-state index contributed by atoms with van der Waals surface area (Å²) in [7, 11) is 3.36. The molecule has 136 valence electrons. The van der Waals surface area contributed by atoms with Gasteiger partial charge in [-0.1, -0.05) is 0 Å². The molecule has 9 heteroatoms. The van der Waals surface area contributed by atoms with Gasteiger partial charge in [-0.2, -0.15) is 0 Å². The molecule has 0 aromatic carbocycles. The number of unbranched alkanes of at least 4 members (excludes halogenated alkanes) is 1. The SMILES string of the molecule is CNCNC(=O)CNCC(=O)OCCCCOC.ClCC1CO1. The lowest BCUT2D eigenvalue weighted by Crippen LogP contribution is -2.39. The number of esters is 1. The summed E-state index contributed by atoms with van der Waals surface area (Å²) >= 11 is 5.27. The highest BCUT2D eigenvalue weighted by molar-refractivity contribution is 6.18. The van der Waals surface area contributed by atoms with Crippen molar-refractivity contribution in [2.45, 2.75) is 18.9 Å². The van der Waals surface area contributed by atoms with Crippen molar-refractivity contribution in [3.05, 3.63) is 0 Å². The minimum atomic E-state index is -0.353. The monoisotopic (exact) mass is 353 g/mol. The third-order valence-corrected chi connectivity index (χ3v) is 2.94. The molecule has 0 saturated carbocycles. The lowest BCUT2D eigenvalue weighted by molar-refractivity contribution is -0.142. The molecule has 3 N–H and O–H groups in total. The van der Waals surface area contributed by atoms with E-state index in [9.17, 15) is 9.59 Å². The second-order valence-electron chi connectivity index (χ2n) is 4.76. The number of methoxy groups -OCH3 is 1. The zero-order valence-corrected chi connectivity index (χ0v) is 14.6. The summed E-state index contributed by atoms with van der Waals surface area (Å²) in [5, 5.41) is 8.08. The van der Waals surface area contributed by atoms with Gasteiger partial charge < -0.3 is 24.8 Å². The van der Waals surface area contributed by atoms with Gasteiger partial charge in [0.1, 0.15) is 0 Å². The van der Waals surface area contributed by atoms with Crippen LogP contribution in [0.3, 0.4) is 0 Å². The maximum Gasteiger partial charge on any atom is 0.319 e. The summed E-state index contributed by atoms with van der Waals surface area (Å²) in [5.74, 6) is 0.145. The maximum atomic E-state index is 11.2. The van der Waals surface area contributed by atoms with E-state index in [1.165, 1.54) is 0 Å². The first-order valence-electron chi connectivity index (χ1n) is 7.58. The Morgan fingerprint density at radius 1 is 1.26 bits per heavy atom. The summed E-state index contributed by atoms with van der Waals surface area (Å²) in [6, 6.07) is 0. The zero-order chi connectivity index (χ0) is 17.3. The Morgan fingerprint density at radius 3 is 2.48 bits per heavy atom. The van der Waals surface area contributed by atoms with Crippen molar-refractivity contribution in [3.63, 3.8) is 0 Å². The Bertz CT molecular complexity index is 317. The van der Waals surface area contributed by atoms with E-state index in [1.54, 1.807) is 14.2 Å². The van der Waals surface area contributed by atoms with Crippen molar-refractivity contribution in [3.8, 4) is 0 Å². The number of nitrogens with one attached hydrogen (secondary N) is 3. The van der Waals surface area contributed by atoms with E-state index in [0.717, 1.165) is 19.4 Å². The molecule has 23 heavy (non-hydrogen) atoms. The highest BCUT2D eigenvalue weighted by Gasteiger charge is 2.19. The molecule has 1 aliphatic rings. The Balaban J connectivity index is 0.000000809. The quantitative estimate of drug-likeness (QED) is 0.142. The standard InChI is InChI=1S/C11H23N3O4.C3H5ClO/c1-12-9-14-10(15)7-13-8-11(16)18-6-4-3-5-17-2;4-1-3-2-5-3/h12-13H,3-9H2,1-2H3,(H,14,15);3H,1-2H2. The van der Waals surface area contributed by atoms with Crippen molar-refractivity contribution < 1.29 is 23.8 Å². The molecule has 0 bridgehead atoms. The molecule has 1 atom stereocenters. The number of carbonyl (C=O) groups is 2. The van der Waals surface area contributed by atoms with Gasteiger partial charge in [-0.05, 0) is 19.9 Å². The molecular weight excluding hydrogens is 326 g/mol. The zero-order valence-electron chi connectivity index (χ0n) is 13.9. The van der Waals surface area contributed by atoms with Gasteiger partial charge in [-0.25, -0.2) is 0 Å². The molecule has 1 aliphatic heterocycles.